The van der Waals surface area contributed by atoms with Crippen molar-refractivity contribution in [3.63, 3.8) is 0 Å². The van der Waals surface area contributed by atoms with Gasteiger partial charge in [-0.3, -0.25) is 4.79 Å². The molecule has 1 amide bonds. The summed E-state index contributed by atoms with van der Waals surface area (Å²) >= 11 is 0. The average molecular weight is 453 g/mol. The SMILES string of the molecule is CN1CCN(c2cccc(F)c2CC2NCCN(c3ccc(C4(O)CCC4)cc3)C2=O)CC1. The summed E-state index contributed by atoms with van der Waals surface area (Å²) in [7, 11) is 2.10. The highest BCUT2D eigenvalue weighted by molar-refractivity contribution is 5.98. The Labute approximate surface area is 195 Å². The van der Waals surface area contributed by atoms with Crippen LogP contribution in [0.15, 0.2) is 42.5 Å². The van der Waals surface area contributed by atoms with E-state index >= 15 is 0 Å². The highest BCUT2D eigenvalue weighted by Crippen LogP contribution is 2.41. The van der Waals surface area contributed by atoms with Crippen molar-refractivity contribution in [2.24, 2.45) is 0 Å². The van der Waals surface area contributed by atoms with Gasteiger partial charge in [0.2, 0.25) is 5.91 Å². The number of hydrogen-bond donors (Lipinski definition) is 2. The van der Waals surface area contributed by atoms with Gasteiger partial charge in [0.1, 0.15) is 5.82 Å². The van der Waals surface area contributed by atoms with Gasteiger partial charge >= 0.3 is 0 Å². The molecule has 0 bridgehead atoms. The van der Waals surface area contributed by atoms with Crippen LogP contribution >= 0.6 is 0 Å². The Hall–Kier alpha value is -2.48. The Balaban J connectivity index is 1.33. The van der Waals surface area contributed by atoms with E-state index in [2.05, 4.69) is 22.2 Å². The third-order valence-electron chi connectivity index (χ3n) is 7.53. The number of amides is 1. The molecule has 33 heavy (non-hydrogen) atoms. The fourth-order valence-electron chi connectivity index (χ4n) is 5.20. The number of likely N-dealkylation sites (N-methyl/N-ethyl adjacent to an activating group) is 1. The Bertz CT molecular complexity index is 1000. The van der Waals surface area contributed by atoms with E-state index in [1.54, 1.807) is 11.0 Å². The van der Waals surface area contributed by atoms with Crippen LogP contribution in [-0.2, 0) is 16.8 Å². The van der Waals surface area contributed by atoms with Crippen molar-refractivity contribution in [1.29, 1.82) is 0 Å². The third kappa shape index (κ3) is 4.37. The van der Waals surface area contributed by atoms with E-state index in [4.69, 9.17) is 0 Å². The summed E-state index contributed by atoms with van der Waals surface area (Å²) in [4.78, 5) is 19.7. The number of nitrogens with zero attached hydrogens (tertiary/aromatic N) is 3. The molecule has 6 nitrogen and oxygen atoms in total. The monoisotopic (exact) mass is 452 g/mol. The summed E-state index contributed by atoms with van der Waals surface area (Å²) in [5.41, 5.74) is 2.54. The van der Waals surface area contributed by atoms with Gasteiger partial charge in [-0.05, 0) is 56.1 Å². The summed E-state index contributed by atoms with van der Waals surface area (Å²) in [6.07, 6.45) is 2.95. The Morgan fingerprint density at radius 3 is 2.45 bits per heavy atom. The molecule has 3 aliphatic rings. The highest BCUT2D eigenvalue weighted by atomic mass is 19.1. The van der Waals surface area contributed by atoms with Crippen LogP contribution < -0.4 is 15.1 Å². The Morgan fingerprint density at radius 1 is 1.06 bits per heavy atom. The predicted octanol–water partition coefficient (Wildman–Crippen LogP) is 2.50. The molecule has 2 aliphatic heterocycles. The Kier molecular flexibility index (Phi) is 6.12. The largest absolute Gasteiger partial charge is 0.385 e. The zero-order chi connectivity index (χ0) is 23.0. The quantitative estimate of drug-likeness (QED) is 0.730. The standard InChI is InChI=1S/C26H33FN4O2/c1-29-14-16-30(17-15-29)24-5-2-4-22(27)21(24)18-23-25(32)31(13-12-28-23)20-8-6-19(7-9-20)26(33)10-3-11-26/h2,4-9,23,28,33H,3,10-18H2,1H3. The molecule has 3 fully saturated rings. The second kappa shape index (κ2) is 9.05. The van der Waals surface area contributed by atoms with Crippen molar-refractivity contribution < 1.29 is 14.3 Å². The van der Waals surface area contributed by atoms with Crippen LogP contribution in [0.3, 0.4) is 0 Å². The van der Waals surface area contributed by atoms with Gasteiger partial charge in [0.15, 0.2) is 0 Å². The minimum absolute atomic E-state index is 0.0380. The van der Waals surface area contributed by atoms with Crippen molar-refractivity contribution >= 4 is 17.3 Å². The predicted molar refractivity (Wildman–Crippen MR) is 128 cm³/mol. The maximum Gasteiger partial charge on any atom is 0.244 e. The van der Waals surface area contributed by atoms with Crippen LogP contribution in [-0.4, -0.2) is 68.3 Å². The van der Waals surface area contributed by atoms with Crippen molar-refractivity contribution in [3.8, 4) is 0 Å². The molecule has 5 rings (SSSR count). The van der Waals surface area contributed by atoms with Crippen LogP contribution in [0.4, 0.5) is 15.8 Å². The average Bonchev–Trinajstić information content (AvgIpc) is 2.81. The topological polar surface area (TPSA) is 59.1 Å². The van der Waals surface area contributed by atoms with E-state index in [0.717, 1.165) is 62.4 Å². The van der Waals surface area contributed by atoms with Gasteiger partial charge in [0, 0.05) is 62.6 Å². The van der Waals surface area contributed by atoms with E-state index in [-0.39, 0.29) is 11.7 Å². The summed E-state index contributed by atoms with van der Waals surface area (Å²) in [6.45, 7) is 4.81. The van der Waals surface area contributed by atoms with E-state index < -0.39 is 11.6 Å². The second-order valence-corrected chi connectivity index (χ2v) is 9.66. The molecule has 2 heterocycles. The van der Waals surface area contributed by atoms with Crippen molar-refractivity contribution in [2.75, 3.05) is 56.1 Å². The van der Waals surface area contributed by atoms with Gasteiger partial charge < -0.3 is 25.1 Å². The number of halogens is 1. The zero-order valence-electron chi connectivity index (χ0n) is 19.3. The molecule has 1 saturated carbocycles. The number of benzene rings is 2. The van der Waals surface area contributed by atoms with E-state index in [0.29, 0.717) is 25.1 Å². The van der Waals surface area contributed by atoms with Gasteiger partial charge in [-0.25, -0.2) is 4.39 Å². The lowest BCUT2D eigenvalue weighted by Crippen LogP contribution is -2.56. The lowest BCUT2D eigenvalue weighted by molar-refractivity contribution is -0.121. The molecule has 2 aromatic rings. The van der Waals surface area contributed by atoms with E-state index in [1.807, 2.05) is 30.3 Å². The summed E-state index contributed by atoms with van der Waals surface area (Å²) in [5, 5.41) is 13.9. The molecular weight excluding hydrogens is 419 g/mol. The van der Waals surface area contributed by atoms with Gasteiger partial charge in [-0.15, -0.1) is 0 Å². The molecule has 1 aliphatic carbocycles. The maximum atomic E-state index is 15.0. The van der Waals surface area contributed by atoms with Crippen LogP contribution in [0, 0.1) is 5.82 Å². The minimum atomic E-state index is -0.709. The molecule has 1 unspecified atom stereocenters. The third-order valence-corrected chi connectivity index (χ3v) is 7.53. The molecule has 1 atom stereocenters. The number of aliphatic hydroxyl groups is 1. The number of hydrogen-bond acceptors (Lipinski definition) is 5. The van der Waals surface area contributed by atoms with E-state index in [9.17, 15) is 14.3 Å². The van der Waals surface area contributed by atoms with Gasteiger partial charge in [-0.1, -0.05) is 18.2 Å². The van der Waals surface area contributed by atoms with Crippen LogP contribution in [0.1, 0.15) is 30.4 Å². The summed E-state index contributed by atoms with van der Waals surface area (Å²) in [6, 6.07) is 12.4. The molecule has 2 aromatic carbocycles. The molecule has 2 saturated heterocycles. The number of rotatable bonds is 5. The van der Waals surface area contributed by atoms with Gasteiger partial charge in [0.05, 0.1) is 11.6 Å². The number of anilines is 2. The van der Waals surface area contributed by atoms with Gasteiger partial charge in [0.25, 0.3) is 0 Å². The number of piperazine rings is 2. The molecule has 176 valence electrons. The normalized spacial score (nSPS) is 23.5. The highest BCUT2D eigenvalue weighted by Gasteiger charge is 2.36. The summed E-state index contributed by atoms with van der Waals surface area (Å²) < 4.78 is 15.0. The first-order valence-electron chi connectivity index (χ1n) is 12.0. The first kappa shape index (κ1) is 22.3. The molecule has 2 N–H and O–H groups in total. The van der Waals surface area contributed by atoms with Crippen LogP contribution in [0.25, 0.3) is 0 Å². The fraction of sp³-hybridized carbons (Fsp3) is 0.500. The number of carbonyl (C=O) groups is 1. The van der Waals surface area contributed by atoms with E-state index in [1.165, 1.54) is 6.07 Å². The second-order valence-electron chi connectivity index (χ2n) is 9.66. The lowest BCUT2D eigenvalue weighted by atomic mass is 9.75. The fourth-order valence-corrected chi connectivity index (χ4v) is 5.20. The maximum absolute atomic E-state index is 15.0. The molecule has 0 spiro atoms. The Morgan fingerprint density at radius 2 is 1.79 bits per heavy atom. The summed E-state index contributed by atoms with van der Waals surface area (Å²) in [5.74, 6) is -0.291. The lowest BCUT2D eigenvalue weighted by Gasteiger charge is -2.38. The molecule has 0 aromatic heterocycles. The number of nitrogens with one attached hydrogen (secondary N) is 1. The van der Waals surface area contributed by atoms with Crippen molar-refractivity contribution in [2.45, 2.75) is 37.3 Å². The van der Waals surface area contributed by atoms with Crippen LogP contribution in [0.2, 0.25) is 0 Å². The van der Waals surface area contributed by atoms with Crippen molar-refractivity contribution in [3.05, 3.63) is 59.4 Å². The zero-order valence-corrected chi connectivity index (χ0v) is 19.3. The molecular formula is C26H33FN4O2. The van der Waals surface area contributed by atoms with Crippen molar-refractivity contribution in [1.82, 2.24) is 10.2 Å². The number of carbonyl (C=O) groups excluding carboxylic acids is 1. The first-order valence-corrected chi connectivity index (χ1v) is 12.0. The molecule has 7 heteroatoms. The van der Waals surface area contributed by atoms with Gasteiger partial charge in [-0.2, -0.15) is 0 Å². The first-order chi connectivity index (χ1) is 15.9. The van der Waals surface area contributed by atoms with Crippen LogP contribution in [0.5, 0.6) is 0 Å². The smallest absolute Gasteiger partial charge is 0.244 e. The molecule has 0 radical (unpaired) electrons. The minimum Gasteiger partial charge on any atom is -0.385 e.